The predicted octanol–water partition coefficient (Wildman–Crippen LogP) is 14.3. The fourth-order valence-electron chi connectivity index (χ4n) is 9.86. The summed E-state index contributed by atoms with van der Waals surface area (Å²) in [4.78, 5) is 10.0. The average Bonchev–Trinajstić information content (AvgIpc) is 3.69. The van der Waals surface area contributed by atoms with Crippen molar-refractivity contribution in [3.63, 3.8) is 0 Å². The molecular weight excluding hydrogens is 785 g/mol. The summed E-state index contributed by atoms with van der Waals surface area (Å²) in [6.45, 7) is 0. The van der Waals surface area contributed by atoms with E-state index in [1.54, 1.807) is 0 Å². The number of hydrogen-bond acceptors (Lipinski definition) is 4. The van der Waals surface area contributed by atoms with Crippen LogP contribution in [0.1, 0.15) is 31.2 Å². The van der Waals surface area contributed by atoms with E-state index in [0.29, 0.717) is 5.71 Å². The highest BCUT2D eigenvalue weighted by Crippen LogP contribution is 2.52. The molecule has 63 heavy (non-hydrogen) atoms. The summed E-state index contributed by atoms with van der Waals surface area (Å²) in [5.41, 5.74) is 13.9. The van der Waals surface area contributed by atoms with Crippen LogP contribution in [-0.2, 0) is 0 Å². The highest BCUT2D eigenvalue weighted by atomic mass is 32.2. The van der Waals surface area contributed by atoms with Crippen molar-refractivity contribution in [1.29, 1.82) is 5.41 Å². The van der Waals surface area contributed by atoms with Crippen molar-refractivity contribution in [3.05, 3.63) is 210 Å². The summed E-state index contributed by atoms with van der Waals surface area (Å²) in [6.07, 6.45) is 12.5. The number of nitrogens with one attached hydrogen (secondary N) is 1. The van der Waals surface area contributed by atoms with Gasteiger partial charge in [0, 0.05) is 43.7 Å². The highest BCUT2D eigenvalue weighted by Gasteiger charge is 2.26. The van der Waals surface area contributed by atoms with Gasteiger partial charge in [0.25, 0.3) is 0 Å². The van der Waals surface area contributed by atoms with Crippen LogP contribution in [0.5, 0.6) is 0 Å². The fraction of sp³-hybridized carbons (Fsp3) is 0.0690. The van der Waals surface area contributed by atoms with Gasteiger partial charge in [-0.25, -0.2) is 0 Å². The molecule has 300 valence electrons. The Hall–Kier alpha value is -7.47. The van der Waals surface area contributed by atoms with Gasteiger partial charge >= 0.3 is 0 Å². The molecule has 5 heteroatoms. The zero-order valence-corrected chi connectivity index (χ0v) is 35.4. The number of allylic oxidation sites excluding steroid dienone is 4. The lowest BCUT2D eigenvalue weighted by molar-refractivity contribution is 0.974. The van der Waals surface area contributed by atoms with Crippen molar-refractivity contribution in [3.8, 4) is 11.1 Å². The molecule has 0 atom stereocenters. The smallest absolute Gasteiger partial charge is 0.0723 e. The molecule has 0 saturated heterocycles. The van der Waals surface area contributed by atoms with Crippen molar-refractivity contribution in [2.45, 2.75) is 35.5 Å². The minimum Gasteiger partial charge on any atom is -0.313 e. The van der Waals surface area contributed by atoms with E-state index < -0.39 is 0 Å². The monoisotopic (exact) mass is 826 g/mol. The van der Waals surface area contributed by atoms with Gasteiger partial charge in [0.15, 0.2) is 0 Å². The fourth-order valence-corrected chi connectivity index (χ4v) is 10.9. The summed E-state index contributed by atoms with van der Waals surface area (Å²) in [5.74, 6) is 0. The first-order valence-corrected chi connectivity index (χ1v) is 22.6. The second kappa shape index (κ2) is 15.5. The number of fused-ring (bicyclic) bond motifs is 8. The van der Waals surface area contributed by atoms with Gasteiger partial charge in [0.1, 0.15) is 0 Å². The van der Waals surface area contributed by atoms with E-state index in [9.17, 15) is 5.41 Å². The van der Waals surface area contributed by atoms with Crippen LogP contribution in [-0.4, -0.2) is 16.5 Å². The van der Waals surface area contributed by atoms with E-state index in [2.05, 4.69) is 179 Å². The average molecular weight is 827 g/mol. The first-order valence-electron chi connectivity index (χ1n) is 21.8. The molecule has 0 bridgehead atoms. The number of nitrogens with zero attached hydrogens (tertiary/aromatic N) is 3. The second-order valence-electron chi connectivity index (χ2n) is 16.5. The van der Waals surface area contributed by atoms with Crippen LogP contribution in [0.25, 0.3) is 61.1 Å². The van der Waals surface area contributed by atoms with E-state index in [0.717, 1.165) is 59.0 Å². The zero-order chi connectivity index (χ0) is 41.9. The SMILES string of the molecule is N=C(C1=c2ccccc2=CCC1)c1ccccc1N=CC1=CCCC(n2c3cc(-c4ccc5c(c4)N(c4ccccc4)c4ccccc4S5)ccc3c3c4ccccc4ccc32)=C1. The summed E-state index contributed by atoms with van der Waals surface area (Å²) in [7, 11) is 0. The number of anilines is 3. The van der Waals surface area contributed by atoms with Gasteiger partial charge in [0.05, 0.1) is 33.8 Å². The second-order valence-corrected chi connectivity index (χ2v) is 17.6. The summed E-state index contributed by atoms with van der Waals surface area (Å²) >= 11 is 1.84. The predicted molar refractivity (Wildman–Crippen MR) is 267 cm³/mol. The maximum absolute atomic E-state index is 9.40. The quantitative estimate of drug-likeness (QED) is 0.163. The van der Waals surface area contributed by atoms with Crippen LogP contribution in [0, 0.1) is 5.41 Å². The Balaban J connectivity index is 0.963. The van der Waals surface area contributed by atoms with Crippen LogP contribution in [0.3, 0.4) is 0 Å². The molecule has 0 unspecified atom stereocenters. The molecule has 0 amide bonds. The number of para-hydroxylation sites is 3. The summed E-state index contributed by atoms with van der Waals surface area (Å²) in [6, 6.07) is 63.3. The third kappa shape index (κ3) is 6.47. The van der Waals surface area contributed by atoms with E-state index in [1.165, 1.54) is 75.8 Å². The molecule has 0 spiro atoms. The van der Waals surface area contributed by atoms with Crippen molar-refractivity contribution >= 4 is 96.4 Å². The number of aliphatic imine (C=N–C) groups is 1. The summed E-state index contributed by atoms with van der Waals surface area (Å²) < 4.78 is 2.50. The molecule has 8 aromatic carbocycles. The van der Waals surface area contributed by atoms with Gasteiger partial charge in [-0.05, 0) is 130 Å². The Bertz CT molecular complexity index is 3570. The number of hydrogen-bond donors (Lipinski definition) is 1. The lowest BCUT2D eigenvalue weighted by atomic mass is 9.91. The van der Waals surface area contributed by atoms with Gasteiger partial charge in [-0.2, -0.15) is 0 Å². The molecule has 12 rings (SSSR count). The normalized spacial score (nSPS) is 14.6. The van der Waals surface area contributed by atoms with Gasteiger partial charge in [-0.1, -0.05) is 145 Å². The Kier molecular flexibility index (Phi) is 9.16. The molecule has 9 aromatic rings. The first kappa shape index (κ1) is 37.3. The molecule has 1 aromatic heterocycles. The van der Waals surface area contributed by atoms with Crippen molar-refractivity contribution in [2.75, 3.05) is 4.90 Å². The standard InChI is InChI=1S/C58H42N4S/c59-58(47-24-13-17-39-15-4-6-21-45(39)47)48-23-8-9-25-50(48)60-37-38-14-12-20-44(34-38)62-52-32-29-40-16-5-7-22-46(40)57(52)49-31-28-41(35-53(49)62)42-30-33-56-54(36-42)61(43-18-2-1-3-19-43)51-26-10-11-27-55(51)63-56/h1-11,14-19,21-23,25-37,59H,12-13,20,24H2. The minimum atomic E-state index is 0.556. The molecule has 1 aliphatic heterocycles. The lowest BCUT2D eigenvalue weighted by Crippen LogP contribution is -2.31. The van der Waals surface area contributed by atoms with Crippen LogP contribution in [0.4, 0.5) is 22.7 Å². The maximum Gasteiger partial charge on any atom is 0.0723 e. The van der Waals surface area contributed by atoms with Crippen molar-refractivity contribution in [2.24, 2.45) is 4.99 Å². The minimum absolute atomic E-state index is 0.556. The Labute approximate surface area is 370 Å². The van der Waals surface area contributed by atoms with E-state index in [-0.39, 0.29) is 0 Å². The van der Waals surface area contributed by atoms with Gasteiger partial charge < -0.3 is 9.47 Å². The largest absolute Gasteiger partial charge is 0.313 e. The van der Waals surface area contributed by atoms with Crippen molar-refractivity contribution in [1.82, 2.24) is 4.57 Å². The summed E-state index contributed by atoms with van der Waals surface area (Å²) in [5, 5.41) is 16.8. The molecule has 0 fully saturated rings. The lowest BCUT2D eigenvalue weighted by Gasteiger charge is -2.33. The zero-order valence-electron chi connectivity index (χ0n) is 34.6. The molecule has 4 nitrogen and oxygen atoms in total. The van der Waals surface area contributed by atoms with E-state index >= 15 is 0 Å². The van der Waals surface area contributed by atoms with Gasteiger partial charge in [-0.3, -0.25) is 10.4 Å². The topological polar surface area (TPSA) is 44.4 Å². The Morgan fingerprint density at radius 1 is 0.603 bits per heavy atom. The highest BCUT2D eigenvalue weighted by molar-refractivity contribution is 7.99. The number of benzene rings is 8. The third-order valence-electron chi connectivity index (χ3n) is 12.8. The Morgan fingerprint density at radius 2 is 1.37 bits per heavy atom. The third-order valence-corrected chi connectivity index (χ3v) is 13.9. The van der Waals surface area contributed by atoms with Crippen LogP contribution in [0.15, 0.2) is 208 Å². The van der Waals surface area contributed by atoms with Crippen LogP contribution < -0.4 is 15.3 Å². The molecule has 2 heterocycles. The van der Waals surface area contributed by atoms with Gasteiger partial charge in [-0.15, -0.1) is 0 Å². The molecule has 0 saturated carbocycles. The molecule has 0 radical (unpaired) electrons. The Morgan fingerprint density at radius 3 is 2.32 bits per heavy atom. The number of rotatable bonds is 7. The number of aromatic nitrogens is 1. The van der Waals surface area contributed by atoms with Gasteiger partial charge in [0.2, 0.25) is 0 Å². The van der Waals surface area contributed by atoms with E-state index in [1.807, 2.05) is 42.2 Å². The van der Waals surface area contributed by atoms with Crippen LogP contribution in [0.2, 0.25) is 0 Å². The molecule has 2 aliphatic carbocycles. The molecule has 3 aliphatic rings. The molecule has 1 N–H and O–H groups in total. The van der Waals surface area contributed by atoms with Crippen molar-refractivity contribution < 1.29 is 0 Å². The van der Waals surface area contributed by atoms with Crippen LogP contribution >= 0.6 is 11.8 Å². The molecular formula is C58H42N4S. The van der Waals surface area contributed by atoms with E-state index in [4.69, 9.17) is 4.99 Å². The first-order chi connectivity index (χ1) is 31.2. The maximum atomic E-state index is 9.40.